The van der Waals surface area contributed by atoms with Crippen LogP contribution in [0.3, 0.4) is 0 Å². The van der Waals surface area contributed by atoms with Gasteiger partial charge in [0.1, 0.15) is 90.3 Å². The van der Waals surface area contributed by atoms with Gasteiger partial charge in [0.2, 0.25) is 100 Å². The molecule has 25 N–H and O–H groups in total. The second-order valence-electron chi connectivity index (χ2n) is 33.9. The zero-order valence-corrected chi connectivity index (χ0v) is 76.9. The number of H-pyrrole nitrogens is 3. The van der Waals surface area contributed by atoms with Crippen LogP contribution in [0.1, 0.15) is 127 Å². The summed E-state index contributed by atoms with van der Waals surface area (Å²) in [4.78, 5) is 268. The van der Waals surface area contributed by atoms with Gasteiger partial charge in [0, 0.05) is 131 Å². The Kier molecular flexibility index (Phi) is 39.2. The lowest BCUT2D eigenvalue weighted by atomic mass is 10.00. The minimum absolute atomic E-state index is 0.0177. The van der Waals surface area contributed by atoms with E-state index in [2.05, 4.69) is 78.4 Å². The number of para-hydroxylation sites is 2. The number of primary amides is 2. The number of aromatic nitrogens is 4. The van der Waals surface area contributed by atoms with Gasteiger partial charge >= 0.3 is 0 Å². The first-order valence-electron chi connectivity index (χ1n) is 44.8. The van der Waals surface area contributed by atoms with Crippen LogP contribution in [-0.4, -0.2) is 334 Å². The molecule has 46 heteroatoms. The number of likely N-dealkylation sites (N-methyl/N-ethyl adjacent to an activating group) is 3. The predicted molar refractivity (Wildman–Crippen MR) is 492 cm³/mol. The Morgan fingerprint density at radius 3 is 1.66 bits per heavy atom. The maximum atomic E-state index is 15.7. The van der Waals surface area contributed by atoms with Gasteiger partial charge in [-0.2, -0.15) is 0 Å². The smallest absolute Gasteiger partial charge is 0.248 e. The van der Waals surface area contributed by atoms with E-state index in [0.29, 0.717) is 64.2 Å². The molecule has 0 aliphatic carbocycles. The van der Waals surface area contributed by atoms with Crippen molar-refractivity contribution in [1.82, 2.24) is 103 Å². The maximum absolute atomic E-state index is 15.7. The Bertz CT molecular complexity index is 5210. The number of phenolic OH excluding ortho intramolecular Hbond substituents is 1. The number of nitrogens with zero attached hydrogens (tertiary/aromatic N) is 6. The first kappa shape index (κ1) is 105. The van der Waals surface area contributed by atoms with E-state index in [4.69, 9.17) is 22.6 Å². The van der Waals surface area contributed by atoms with E-state index in [1.807, 2.05) is 13.8 Å². The molecule has 45 nitrogen and oxygen atoms in total. The van der Waals surface area contributed by atoms with E-state index in [1.165, 1.54) is 64.9 Å². The average Bonchev–Trinajstić information content (AvgIpc) is 1.67. The summed E-state index contributed by atoms with van der Waals surface area (Å²) in [7, 11) is 3.88. The number of amides is 17. The molecule has 3 saturated heterocycles. The highest BCUT2D eigenvalue weighted by Crippen LogP contribution is 2.28. The molecular formula is C89H124N24O21S. The number of carbonyl (C=O) groups is 17. The highest BCUT2D eigenvalue weighted by molar-refractivity contribution is 8.00. The van der Waals surface area contributed by atoms with Crippen LogP contribution in [0, 0.1) is 5.41 Å². The van der Waals surface area contributed by atoms with Gasteiger partial charge in [-0.15, -0.1) is 11.8 Å². The number of aliphatic hydroxyl groups is 3. The van der Waals surface area contributed by atoms with Crippen LogP contribution >= 0.6 is 11.8 Å². The van der Waals surface area contributed by atoms with E-state index < -0.39 is 254 Å². The van der Waals surface area contributed by atoms with Crippen molar-refractivity contribution >= 4 is 140 Å². The van der Waals surface area contributed by atoms with Gasteiger partial charge < -0.3 is 136 Å². The number of hydrogen-bond acceptors (Lipinski definition) is 24. The fourth-order valence-electron chi connectivity index (χ4n) is 16.4. The number of nitrogens with two attached hydrogens (primary N) is 3. The fraction of sp³-hybridized carbons (Fsp3) is 0.517. The van der Waals surface area contributed by atoms with E-state index in [-0.39, 0.29) is 88.7 Å². The summed E-state index contributed by atoms with van der Waals surface area (Å²) >= 11 is 0.760. The fourth-order valence-corrected chi connectivity index (χ4v) is 17.3. The zero-order chi connectivity index (χ0) is 98.4. The van der Waals surface area contributed by atoms with Crippen LogP contribution < -0.4 is 75.7 Å². The summed E-state index contributed by atoms with van der Waals surface area (Å²) in [5.41, 5.74) is 19.5. The van der Waals surface area contributed by atoms with Crippen LogP contribution in [0.5, 0.6) is 5.75 Å². The van der Waals surface area contributed by atoms with E-state index in [9.17, 15) is 68.4 Å². The van der Waals surface area contributed by atoms with Crippen molar-refractivity contribution in [1.29, 1.82) is 5.41 Å². The van der Waals surface area contributed by atoms with Crippen LogP contribution in [0.25, 0.3) is 21.8 Å². The number of nitrogens with one attached hydrogen (secondary N) is 15. The molecule has 0 bridgehead atoms. The molecule has 3 aliphatic rings. The monoisotopic (exact) mass is 1900 g/mol. The third-order valence-corrected chi connectivity index (χ3v) is 25.1. The number of thioether (sulfide) groups is 1. The van der Waals surface area contributed by atoms with Crippen molar-refractivity contribution in [3.8, 4) is 5.75 Å². The Labute approximate surface area is 782 Å². The molecule has 732 valence electrons. The van der Waals surface area contributed by atoms with Crippen LogP contribution in [0.4, 0.5) is 0 Å². The van der Waals surface area contributed by atoms with Gasteiger partial charge in [-0.1, -0.05) is 88.1 Å². The Morgan fingerprint density at radius 1 is 0.526 bits per heavy atom. The standard InChI is InChI=1S/C89H124N24O21S/c1-7-9-22-68-81(127)101-59(21-15-31-95-89(92)93)77(123)108-67(76(122)98-41-73(91)119)45-135-46-74(120)100-63(33-49-25-27-53(116)28-26-49)84(130)109(4)48(3)75(121)107-66(44-115)87(133)112-32-16-24-69(112)82(128)104-62(36-52-40-94-47-99-52)79(125)102-60(29-30-72(90)118)86(132)113-42-54(117)37-71(113)83(129)103-61(34-50-38-96-57-19-13-11-17-55(50)57)78(124)106-65(43-114)80(126)105-64(35-51-39-97-58-20-14-12-18-56(51)58)85(131)111(6)70(23-10-8-2)88(134)110(68)5/h11-14,17-20,25-28,38-40,47-48,54,59-71,96-97,114-117H,7-10,15-16,21-24,29-37,41-46H2,1-6H3,(H2,90,118)(H2,91,119)(H,94,99)(H,98,122)(H,100,120)(H,101,127)(H,102,125)(H,103,129)(H,104,128)(H,105,126)(H,106,124)(H,107,121)(H,108,123)(H4,92,93,95)/t48-,54+,59-,60-,61-,62-,63-,64-,65-,66-,67-,68-,69-,70-,71-/m0/s1. The predicted octanol–water partition coefficient (Wildman–Crippen LogP) is -4.59. The molecule has 6 aromatic rings. The summed E-state index contributed by atoms with van der Waals surface area (Å²) in [6, 6.07) is -2.98. The topological polar surface area (TPSA) is 682 Å². The highest BCUT2D eigenvalue weighted by Gasteiger charge is 2.47. The normalized spacial score (nSPS) is 24.7. The second-order valence-corrected chi connectivity index (χ2v) is 34.9. The maximum Gasteiger partial charge on any atom is 0.248 e. The molecule has 9 rings (SSSR count). The number of rotatable bonds is 26. The molecule has 3 aromatic carbocycles. The number of hydrogen-bond donors (Lipinski definition) is 22. The number of phenols is 1. The van der Waals surface area contributed by atoms with Gasteiger partial charge in [0.25, 0.3) is 0 Å². The summed E-state index contributed by atoms with van der Waals surface area (Å²) in [5.74, 6) is -18.1. The number of guanidine groups is 1. The quantitative estimate of drug-likeness (QED) is 0.0138. The minimum atomic E-state index is -1.93. The molecule has 0 unspecified atom stereocenters. The Morgan fingerprint density at radius 2 is 1.06 bits per heavy atom. The molecule has 17 amide bonds. The zero-order valence-electron chi connectivity index (χ0n) is 76.1. The van der Waals surface area contributed by atoms with Gasteiger partial charge in [0.05, 0.1) is 37.9 Å². The molecule has 6 heterocycles. The molecule has 3 aromatic heterocycles. The number of aromatic hydroxyl groups is 1. The first-order chi connectivity index (χ1) is 64.4. The van der Waals surface area contributed by atoms with E-state index in [0.717, 1.165) is 36.3 Å². The van der Waals surface area contributed by atoms with Crippen molar-refractivity contribution in [2.75, 3.05) is 72.0 Å². The second kappa shape index (κ2) is 50.4. The number of unbranched alkanes of at least 4 members (excludes halogenated alkanes) is 2. The van der Waals surface area contributed by atoms with Crippen molar-refractivity contribution < 1.29 is 102 Å². The van der Waals surface area contributed by atoms with Crippen LogP contribution in [-0.2, 0) is 107 Å². The molecule has 0 radical (unpaired) electrons. The number of benzene rings is 3. The van der Waals surface area contributed by atoms with E-state index in [1.54, 1.807) is 60.9 Å². The molecule has 15 atom stereocenters. The van der Waals surface area contributed by atoms with Gasteiger partial charge in [-0.3, -0.25) is 86.9 Å². The van der Waals surface area contributed by atoms with E-state index >= 15 is 33.6 Å². The van der Waals surface area contributed by atoms with Crippen molar-refractivity contribution in [2.24, 2.45) is 17.2 Å². The van der Waals surface area contributed by atoms with Gasteiger partial charge in [-0.25, -0.2) is 4.98 Å². The third kappa shape index (κ3) is 29.1. The molecule has 0 saturated carbocycles. The molecule has 135 heavy (non-hydrogen) atoms. The van der Waals surface area contributed by atoms with Crippen LogP contribution in [0.15, 0.2) is 97.7 Å². The summed E-state index contributed by atoms with van der Waals surface area (Å²) < 4.78 is 0. The largest absolute Gasteiger partial charge is 0.508 e. The molecule has 3 fully saturated rings. The number of fused-ring (bicyclic) bond motifs is 4. The third-order valence-electron chi connectivity index (χ3n) is 24.1. The lowest BCUT2D eigenvalue weighted by Crippen LogP contribution is -2.62. The lowest BCUT2D eigenvalue weighted by molar-refractivity contribution is -0.149. The molecule has 0 spiro atoms. The van der Waals surface area contributed by atoms with Crippen LogP contribution in [0.2, 0.25) is 0 Å². The van der Waals surface area contributed by atoms with Gasteiger partial charge in [-0.05, 0) is 92.8 Å². The summed E-state index contributed by atoms with van der Waals surface area (Å²) in [6.07, 6.45) is 2.99. The minimum Gasteiger partial charge on any atom is -0.508 e. The SMILES string of the molecule is CCCC[C@H]1C(=O)N(C)[C@@H](CCCC)C(=O)N[C@@H](CCCNC(=N)N)C(=O)N[C@H](C(=O)NCC(N)=O)CSCC(=O)N[C@@H](Cc2ccc(O)cc2)C(=O)N(C)[C@@H](C)C(=O)N[C@@H](CO)C(=O)N2CCC[C@H]2C(=O)N[C@@H](Cc2cnc[nH]2)C(=O)N[C@@H](CCC(N)=O)C(=O)N2C[C@H](O)C[C@H]2C(=O)N[C@@H](Cc2c[nH]c3ccccc23)C(=O)N[C@@H](CO)C(=O)N[C@@H](Cc2c[nH]c3ccccc23)C(=O)N1C. The first-order valence-corrected chi connectivity index (χ1v) is 46.0. The number of carbonyl (C=O) groups excluding carboxylic acids is 17. The van der Waals surface area contributed by atoms with Gasteiger partial charge in [0.15, 0.2) is 5.96 Å². The summed E-state index contributed by atoms with van der Waals surface area (Å²) in [6.45, 7) is 1.30. The molecule has 3 aliphatic heterocycles. The average molecular weight is 1900 g/mol. The lowest BCUT2D eigenvalue weighted by Gasteiger charge is -2.36. The number of imidazole rings is 1. The molecular weight excluding hydrogens is 1770 g/mol. The highest BCUT2D eigenvalue weighted by atomic mass is 32.2. The van der Waals surface area contributed by atoms with Crippen molar-refractivity contribution in [3.05, 3.63) is 120 Å². The Balaban J connectivity index is 1.10. The number of aromatic amines is 3. The summed E-state index contributed by atoms with van der Waals surface area (Å²) in [5, 5.41) is 81.3. The van der Waals surface area contributed by atoms with Crippen molar-refractivity contribution in [2.45, 2.75) is 221 Å². The number of aliphatic hydroxyl groups excluding tert-OH is 3. The van der Waals surface area contributed by atoms with Crippen molar-refractivity contribution in [3.63, 3.8) is 0 Å². The Hall–Kier alpha value is -13.8.